The molecule has 0 amide bonds. The van der Waals surface area contributed by atoms with E-state index in [4.69, 9.17) is 4.78 Å². The summed E-state index contributed by atoms with van der Waals surface area (Å²) in [6.07, 6.45) is 0. The van der Waals surface area contributed by atoms with Crippen LogP contribution in [0.2, 0.25) is 0 Å². The predicted molar refractivity (Wildman–Crippen MR) is 49.7 cm³/mol. The topological polar surface area (TPSA) is 53.0 Å². The molecule has 70 valence electrons. The Kier molecular flexibility index (Phi) is 1.45. The van der Waals surface area contributed by atoms with Crippen molar-refractivity contribution in [2.24, 2.45) is 10.8 Å². The van der Waals surface area contributed by atoms with Gasteiger partial charge in [-0.3, -0.25) is 4.78 Å². The van der Waals surface area contributed by atoms with Crippen LogP contribution in [0.25, 0.3) is 0 Å². The summed E-state index contributed by atoms with van der Waals surface area (Å²) in [5.74, 6) is 1.17. The van der Waals surface area contributed by atoms with Crippen molar-refractivity contribution in [1.82, 2.24) is 5.32 Å². The molecule has 0 aliphatic carbocycles. The molecule has 12 heavy (non-hydrogen) atoms. The van der Waals surface area contributed by atoms with E-state index in [2.05, 4.69) is 19.2 Å². The van der Waals surface area contributed by atoms with Gasteiger partial charge in [-0.05, 0) is 10.8 Å². The van der Waals surface area contributed by atoms with Gasteiger partial charge in [-0.2, -0.15) is 0 Å². The molecule has 0 radical (unpaired) electrons. The third kappa shape index (κ3) is 0.941. The summed E-state index contributed by atoms with van der Waals surface area (Å²) in [6.45, 7) is 6.18. The van der Waals surface area contributed by atoms with Crippen molar-refractivity contribution >= 4 is 9.73 Å². The second kappa shape index (κ2) is 2.04. The Morgan fingerprint density at radius 3 is 2.08 bits per heavy atom. The first-order valence-electron chi connectivity index (χ1n) is 4.32. The lowest BCUT2D eigenvalue weighted by molar-refractivity contribution is 0.212. The van der Waals surface area contributed by atoms with Crippen LogP contribution in [0.15, 0.2) is 0 Å². The number of hydrogen-bond acceptors (Lipinski definition) is 3. The van der Waals surface area contributed by atoms with Crippen molar-refractivity contribution in [3.63, 3.8) is 0 Å². The Labute approximate surface area is 73.9 Å². The molecule has 2 fully saturated rings. The molecule has 2 heterocycles. The van der Waals surface area contributed by atoms with Crippen LogP contribution in [-0.4, -0.2) is 28.8 Å². The number of fused-ring (bicyclic) bond motifs is 1. The maximum absolute atomic E-state index is 11.6. The zero-order chi connectivity index (χ0) is 9.04. The average Bonchev–Trinajstić information content (AvgIpc) is 2.11. The van der Waals surface area contributed by atoms with Crippen LogP contribution < -0.4 is 5.32 Å². The fourth-order valence-electron chi connectivity index (χ4n) is 2.57. The molecule has 0 aromatic heterocycles. The molecule has 4 heteroatoms. The maximum Gasteiger partial charge on any atom is 0.0453 e. The second-order valence-electron chi connectivity index (χ2n) is 4.83. The van der Waals surface area contributed by atoms with Crippen LogP contribution in [0.5, 0.6) is 0 Å². The summed E-state index contributed by atoms with van der Waals surface area (Å²) in [5.41, 5.74) is 0.206. The van der Waals surface area contributed by atoms with Gasteiger partial charge >= 0.3 is 0 Å². The summed E-state index contributed by atoms with van der Waals surface area (Å²) in [4.78, 5) is 0. The van der Waals surface area contributed by atoms with E-state index < -0.39 is 9.73 Å². The lowest BCUT2D eigenvalue weighted by atomic mass is 9.71. The standard InChI is InChI=1S/C8H16N2OS/c1-7-3-10-4-8(7,2)6-12(9,11)5-7/h9-10H,3-6H2,1-2H3/t7-,8+,12?. The first-order chi connectivity index (χ1) is 5.37. The molecule has 2 rings (SSSR count). The van der Waals surface area contributed by atoms with Gasteiger partial charge in [0.2, 0.25) is 0 Å². The van der Waals surface area contributed by atoms with Gasteiger partial charge in [0.05, 0.1) is 0 Å². The summed E-state index contributed by atoms with van der Waals surface area (Å²) < 4.78 is 19.3. The molecule has 1 unspecified atom stereocenters. The van der Waals surface area contributed by atoms with E-state index in [1.165, 1.54) is 0 Å². The molecule has 3 nitrogen and oxygen atoms in total. The minimum Gasteiger partial charge on any atom is -0.316 e. The molecule has 0 bridgehead atoms. The molecule has 0 spiro atoms. The first-order valence-corrected chi connectivity index (χ1v) is 6.22. The van der Waals surface area contributed by atoms with Crippen LogP contribution in [0.4, 0.5) is 0 Å². The summed E-state index contributed by atoms with van der Waals surface area (Å²) in [5, 5.41) is 3.33. The van der Waals surface area contributed by atoms with E-state index in [1.807, 2.05) is 0 Å². The van der Waals surface area contributed by atoms with Gasteiger partial charge in [-0.25, -0.2) is 4.21 Å². The molecule has 2 aliphatic rings. The van der Waals surface area contributed by atoms with Crippen LogP contribution in [0.1, 0.15) is 13.8 Å². The van der Waals surface area contributed by atoms with Crippen LogP contribution in [0.3, 0.4) is 0 Å². The van der Waals surface area contributed by atoms with Crippen molar-refractivity contribution in [3.8, 4) is 0 Å². The summed E-state index contributed by atoms with van der Waals surface area (Å²) in [7, 11) is -2.26. The fourth-order valence-corrected chi connectivity index (χ4v) is 5.63. The highest BCUT2D eigenvalue weighted by atomic mass is 32.2. The van der Waals surface area contributed by atoms with Gasteiger partial charge in [0, 0.05) is 34.3 Å². The van der Waals surface area contributed by atoms with Gasteiger partial charge in [-0.15, -0.1) is 0 Å². The molecule has 0 aromatic carbocycles. The highest BCUT2D eigenvalue weighted by Crippen LogP contribution is 2.49. The molecule has 2 N–H and O–H groups in total. The quantitative estimate of drug-likeness (QED) is 0.587. The Balaban J connectivity index is 2.44. The molecule has 2 saturated heterocycles. The van der Waals surface area contributed by atoms with Crippen molar-refractivity contribution in [2.45, 2.75) is 13.8 Å². The van der Waals surface area contributed by atoms with E-state index in [0.29, 0.717) is 11.5 Å². The number of hydrogen-bond donors (Lipinski definition) is 2. The Bertz CT molecular complexity index is 287. The van der Waals surface area contributed by atoms with Crippen LogP contribution >= 0.6 is 0 Å². The monoisotopic (exact) mass is 188 g/mol. The zero-order valence-electron chi connectivity index (χ0n) is 7.64. The zero-order valence-corrected chi connectivity index (χ0v) is 8.46. The SMILES string of the molecule is C[C@@]12CNC[C@]1(C)CS(=N)(=O)C2. The van der Waals surface area contributed by atoms with Crippen molar-refractivity contribution < 1.29 is 4.21 Å². The molecular formula is C8H16N2OS. The van der Waals surface area contributed by atoms with E-state index >= 15 is 0 Å². The Morgan fingerprint density at radius 2 is 1.67 bits per heavy atom. The minimum atomic E-state index is -2.26. The van der Waals surface area contributed by atoms with Crippen LogP contribution in [-0.2, 0) is 9.73 Å². The average molecular weight is 188 g/mol. The molecular weight excluding hydrogens is 172 g/mol. The van der Waals surface area contributed by atoms with Crippen LogP contribution in [0, 0.1) is 15.6 Å². The molecule has 2 aliphatic heterocycles. The fraction of sp³-hybridized carbons (Fsp3) is 1.00. The summed E-state index contributed by atoms with van der Waals surface area (Å²) in [6, 6.07) is 0. The van der Waals surface area contributed by atoms with Gasteiger partial charge in [-0.1, -0.05) is 13.8 Å². The van der Waals surface area contributed by atoms with E-state index in [-0.39, 0.29) is 10.8 Å². The first kappa shape index (κ1) is 8.51. The Morgan fingerprint density at radius 1 is 1.25 bits per heavy atom. The number of rotatable bonds is 0. The van der Waals surface area contributed by atoms with Gasteiger partial charge in [0.1, 0.15) is 0 Å². The lowest BCUT2D eigenvalue weighted by Crippen LogP contribution is -2.34. The third-order valence-electron chi connectivity index (χ3n) is 3.59. The lowest BCUT2D eigenvalue weighted by Gasteiger charge is -2.30. The summed E-state index contributed by atoms with van der Waals surface area (Å²) >= 11 is 0. The van der Waals surface area contributed by atoms with Gasteiger partial charge in [0.25, 0.3) is 0 Å². The smallest absolute Gasteiger partial charge is 0.0453 e. The molecule has 3 atom stereocenters. The second-order valence-corrected chi connectivity index (χ2v) is 7.03. The van der Waals surface area contributed by atoms with E-state index in [9.17, 15) is 4.21 Å². The van der Waals surface area contributed by atoms with Crippen molar-refractivity contribution in [3.05, 3.63) is 0 Å². The highest BCUT2D eigenvalue weighted by Gasteiger charge is 2.56. The van der Waals surface area contributed by atoms with Crippen molar-refractivity contribution in [1.29, 1.82) is 4.78 Å². The predicted octanol–water partition coefficient (Wildman–Crippen LogP) is 0.663. The van der Waals surface area contributed by atoms with Gasteiger partial charge < -0.3 is 5.32 Å². The third-order valence-corrected chi connectivity index (χ3v) is 5.80. The van der Waals surface area contributed by atoms with E-state index in [0.717, 1.165) is 13.1 Å². The maximum atomic E-state index is 11.6. The normalized spacial score (nSPS) is 58.8. The Hall–Kier alpha value is -0.0900. The largest absolute Gasteiger partial charge is 0.316 e. The van der Waals surface area contributed by atoms with Crippen molar-refractivity contribution in [2.75, 3.05) is 24.6 Å². The highest BCUT2D eigenvalue weighted by molar-refractivity contribution is 7.92. The molecule has 0 aromatic rings. The number of nitrogens with one attached hydrogen (secondary N) is 2. The van der Waals surface area contributed by atoms with Gasteiger partial charge in [0.15, 0.2) is 0 Å². The minimum absolute atomic E-state index is 0.103. The molecule has 0 saturated carbocycles. The van der Waals surface area contributed by atoms with E-state index in [1.54, 1.807) is 0 Å².